The third-order valence-electron chi connectivity index (χ3n) is 2.49. The first-order chi connectivity index (χ1) is 8.34. The van der Waals surface area contributed by atoms with Crippen molar-refractivity contribution in [2.24, 2.45) is 0 Å². The van der Waals surface area contributed by atoms with E-state index >= 15 is 0 Å². The van der Waals surface area contributed by atoms with Crippen LogP contribution < -0.4 is 9.47 Å². The predicted molar refractivity (Wildman–Crippen MR) is 66.5 cm³/mol. The summed E-state index contributed by atoms with van der Waals surface area (Å²) in [5.41, 5.74) is 0.377. The quantitative estimate of drug-likeness (QED) is 0.847. The Bertz CT molecular complexity index is 497. The number of methoxy groups -OCH3 is 1. The van der Waals surface area contributed by atoms with Gasteiger partial charge in [-0.15, -0.1) is 0 Å². The minimum absolute atomic E-state index is 0.377. The van der Waals surface area contributed by atoms with Gasteiger partial charge in [0.1, 0.15) is 0 Å². The molecule has 0 bridgehead atoms. The van der Waals surface area contributed by atoms with Crippen LogP contribution in [0.1, 0.15) is 25.5 Å². The number of esters is 1. The standard InChI is InChI=1S/C12H13BrO5/c1-12(2)17-8-4-6(10(14)11(15)16-3)7(13)5-9(8)18-12/h4-5,10,14H,1-3H3. The monoisotopic (exact) mass is 316 g/mol. The molecule has 0 radical (unpaired) electrons. The number of halogens is 1. The molecule has 1 unspecified atom stereocenters. The van der Waals surface area contributed by atoms with Crippen molar-refractivity contribution in [2.45, 2.75) is 25.7 Å². The van der Waals surface area contributed by atoms with Crippen molar-refractivity contribution in [3.63, 3.8) is 0 Å². The SMILES string of the molecule is COC(=O)C(O)c1cc2c(cc1Br)OC(C)(C)O2. The number of hydrogen-bond donors (Lipinski definition) is 1. The Morgan fingerprint density at radius 2 is 1.94 bits per heavy atom. The normalized spacial score (nSPS) is 17.4. The number of carbonyl (C=O) groups excluding carboxylic acids is 1. The topological polar surface area (TPSA) is 65.0 Å². The van der Waals surface area contributed by atoms with E-state index in [1.165, 1.54) is 7.11 Å². The molecule has 98 valence electrons. The summed E-state index contributed by atoms with van der Waals surface area (Å²) in [6.45, 7) is 3.55. The predicted octanol–water partition coefficient (Wildman–Crippen LogP) is 2.16. The average Bonchev–Trinajstić information content (AvgIpc) is 2.59. The number of rotatable bonds is 2. The van der Waals surface area contributed by atoms with Gasteiger partial charge in [-0.05, 0) is 12.1 Å². The van der Waals surface area contributed by atoms with Crippen LogP contribution >= 0.6 is 15.9 Å². The molecule has 1 aliphatic rings. The summed E-state index contributed by atoms with van der Waals surface area (Å²) in [4.78, 5) is 11.3. The smallest absolute Gasteiger partial charge is 0.339 e. The highest BCUT2D eigenvalue weighted by molar-refractivity contribution is 9.10. The Balaban J connectivity index is 2.39. The molecule has 0 saturated carbocycles. The van der Waals surface area contributed by atoms with Crippen molar-refractivity contribution in [2.75, 3.05) is 7.11 Å². The summed E-state index contributed by atoms with van der Waals surface area (Å²) < 4.78 is 16.1. The van der Waals surface area contributed by atoms with Gasteiger partial charge in [0.05, 0.1) is 7.11 Å². The number of aliphatic hydroxyl groups excluding tert-OH is 1. The van der Waals surface area contributed by atoms with E-state index in [1.807, 2.05) is 0 Å². The molecule has 1 aromatic carbocycles. The lowest BCUT2D eigenvalue weighted by atomic mass is 10.1. The van der Waals surface area contributed by atoms with Crippen LogP contribution in [0.5, 0.6) is 11.5 Å². The summed E-state index contributed by atoms with van der Waals surface area (Å²) >= 11 is 3.28. The van der Waals surface area contributed by atoms with Crippen LogP contribution in [0.2, 0.25) is 0 Å². The Morgan fingerprint density at radius 3 is 2.50 bits per heavy atom. The van der Waals surface area contributed by atoms with E-state index in [-0.39, 0.29) is 0 Å². The second-order valence-corrected chi connectivity index (χ2v) is 5.20. The average molecular weight is 317 g/mol. The molecule has 1 aliphatic heterocycles. The lowest BCUT2D eigenvalue weighted by Crippen LogP contribution is -2.29. The van der Waals surface area contributed by atoms with Crippen molar-refractivity contribution in [1.29, 1.82) is 0 Å². The molecule has 1 heterocycles. The molecular weight excluding hydrogens is 304 g/mol. The van der Waals surface area contributed by atoms with Crippen LogP contribution in [-0.4, -0.2) is 24.0 Å². The molecule has 0 spiro atoms. The first-order valence-electron chi connectivity index (χ1n) is 5.31. The molecule has 0 fully saturated rings. The molecule has 0 aromatic heterocycles. The number of carbonyl (C=O) groups is 1. The van der Waals surface area contributed by atoms with Gasteiger partial charge in [0.2, 0.25) is 5.79 Å². The molecule has 1 aromatic rings. The van der Waals surface area contributed by atoms with E-state index < -0.39 is 17.9 Å². The first kappa shape index (κ1) is 13.2. The van der Waals surface area contributed by atoms with Gasteiger partial charge in [0.15, 0.2) is 17.6 Å². The molecule has 0 aliphatic carbocycles. The minimum atomic E-state index is -1.36. The molecular formula is C12H13BrO5. The van der Waals surface area contributed by atoms with Gasteiger partial charge in [0.25, 0.3) is 0 Å². The zero-order valence-corrected chi connectivity index (χ0v) is 11.8. The van der Waals surface area contributed by atoms with Crippen molar-refractivity contribution < 1.29 is 24.1 Å². The molecule has 5 nitrogen and oxygen atoms in total. The molecule has 2 rings (SSSR count). The maximum Gasteiger partial charge on any atom is 0.339 e. The van der Waals surface area contributed by atoms with Gasteiger partial charge >= 0.3 is 5.97 Å². The van der Waals surface area contributed by atoms with E-state index in [0.29, 0.717) is 21.5 Å². The fraction of sp³-hybridized carbons (Fsp3) is 0.417. The maximum atomic E-state index is 11.3. The number of fused-ring (bicyclic) bond motifs is 1. The molecule has 6 heteroatoms. The van der Waals surface area contributed by atoms with Crippen molar-refractivity contribution in [1.82, 2.24) is 0 Å². The van der Waals surface area contributed by atoms with Crippen molar-refractivity contribution in [3.8, 4) is 11.5 Å². The van der Waals surface area contributed by atoms with Crippen LogP contribution in [-0.2, 0) is 9.53 Å². The summed E-state index contributed by atoms with van der Waals surface area (Å²) in [7, 11) is 1.22. The summed E-state index contributed by atoms with van der Waals surface area (Å²) in [5, 5.41) is 9.83. The van der Waals surface area contributed by atoms with E-state index in [4.69, 9.17) is 9.47 Å². The first-order valence-corrected chi connectivity index (χ1v) is 6.11. The van der Waals surface area contributed by atoms with E-state index in [1.54, 1.807) is 26.0 Å². The van der Waals surface area contributed by atoms with Crippen molar-refractivity contribution >= 4 is 21.9 Å². The third kappa shape index (κ3) is 2.30. The van der Waals surface area contributed by atoms with Crippen LogP contribution in [0.25, 0.3) is 0 Å². The second-order valence-electron chi connectivity index (χ2n) is 4.35. The molecule has 1 N–H and O–H groups in total. The van der Waals surface area contributed by atoms with Gasteiger partial charge in [-0.3, -0.25) is 0 Å². The largest absolute Gasteiger partial charge is 0.467 e. The fourth-order valence-electron chi connectivity index (χ4n) is 1.71. The van der Waals surface area contributed by atoms with Crippen LogP contribution in [0, 0.1) is 0 Å². The van der Waals surface area contributed by atoms with Crippen molar-refractivity contribution in [3.05, 3.63) is 22.2 Å². The highest BCUT2D eigenvalue weighted by atomic mass is 79.9. The molecule has 0 amide bonds. The van der Waals surface area contributed by atoms with E-state index in [9.17, 15) is 9.90 Å². The number of hydrogen-bond acceptors (Lipinski definition) is 5. The zero-order chi connectivity index (χ0) is 13.5. The van der Waals surface area contributed by atoms with Crippen LogP contribution in [0.4, 0.5) is 0 Å². The highest BCUT2D eigenvalue weighted by Gasteiger charge is 2.34. The maximum absolute atomic E-state index is 11.3. The van der Waals surface area contributed by atoms with Gasteiger partial charge in [-0.1, -0.05) is 15.9 Å². The zero-order valence-electron chi connectivity index (χ0n) is 10.2. The fourth-order valence-corrected chi connectivity index (χ4v) is 2.25. The lowest BCUT2D eigenvalue weighted by molar-refractivity contribution is -0.150. The summed E-state index contributed by atoms with van der Waals surface area (Å²) in [6.07, 6.45) is -1.36. The Kier molecular flexibility index (Phi) is 3.25. The Labute approximate surface area is 113 Å². The lowest BCUT2D eigenvalue weighted by Gasteiger charge is -2.16. The number of aliphatic hydroxyl groups is 1. The van der Waals surface area contributed by atoms with E-state index in [2.05, 4.69) is 20.7 Å². The number of benzene rings is 1. The molecule has 18 heavy (non-hydrogen) atoms. The Hall–Kier alpha value is -1.27. The Morgan fingerprint density at radius 1 is 1.39 bits per heavy atom. The van der Waals surface area contributed by atoms with Gasteiger partial charge in [-0.2, -0.15) is 0 Å². The highest BCUT2D eigenvalue weighted by Crippen LogP contribution is 2.43. The van der Waals surface area contributed by atoms with Gasteiger partial charge in [-0.25, -0.2) is 4.79 Å². The minimum Gasteiger partial charge on any atom is -0.467 e. The van der Waals surface area contributed by atoms with Gasteiger partial charge < -0.3 is 19.3 Å². The van der Waals surface area contributed by atoms with Crippen LogP contribution in [0.3, 0.4) is 0 Å². The third-order valence-corrected chi connectivity index (χ3v) is 3.18. The summed E-state index contributed by atoms with van der Waals surface area (Å²) in [6, 6.07) is 3.22. The molecule has 0 saturated heterocycles. The van der Waals surface area contributed by atoms with Gasteiger partial charge in [0, 0.05) is 23.9 Å². The van der Waals surface area contributed by atoms with E-state index in [0.717, 1.165) is 0 Å². The second kappa shape index (κ2) is 4.44. The van der Waals surface area contributed by atoms with Crippen LogP contribution in [0.15, 0.2) is 16.6 Å². The number of ether oxygens (including phenoxy) is 3. The molecule has 1 atom stereocenters. The summed E-state index contributed by atoms with van der Waals surface area (Å²) in [5.74, 6) is -0.431.